The van der Waals surface area contributed by atoms with Gasteiger partial charge in [-0.2, -0.15) is 9.97 Å². The highest BCUT2D eigenvalue weighted by Crippen LogP contribution is 2.42. The Morgan fingerprint density at radius 2 is 1.72 bits per heavy atom. The number of hydrogen-bond acceptors (Lipinski definition) is 8. The molecule has 0 aliphatic carbocycles. The Kier molecular flexibility index (Phi) is 12.2. The van der Waals surface area contributed by atoms with Gasteiger partial charge in [0.2, 0.25) is 0 Å². The van der Waals surface area contributed by atoms with Crippen LogP contribution in [0.15, 0.2) is 36.5 Å². The van der Waals surface area contributed by atoms with E-state index in [1.54, 1.807) is 23.2 Å². The Hall–Kier alpha value is -4.34. The predicted octanol–water partition coefficient (Wildman–Crippen LogP) is 10.00. The molecule has 3 atom stereocenters. The van der Waals surface area contributed by atoms with E-state index in [-0.39, 0.29) is 47.0 Å². The lowest BCUT2D eigenvalue weighted by molar-refractivity contribution is 0.0233. The molecule has 0 radical (unpaired) electrons. The molecule has 0 bridgehead atoms. The van der Waals surface area contributed by atoms with Crippen LogP contribution in [0.2, 0.25) is 16.6 Å². The minimum Gasteiger partial charge on any atom is -0.462 e. The summed E-state index contributed by atoms with van der Waals surface area (Å²) in [6.07, 6.45) is 3.93. The number of pyridine rings is 1. The van der Waals surface area contributed by atoms with E-state index in [0.717, 1.165) is 24.8 Å². The van der Waals surface area contributed by atoms with Crippen molar-refractivity contribution in [3.05, 3.63) is 53.7 Å². The lowest BCUT2D eigenvalue weighted by atomic mass is 9.96. The van der Waals surface area contributed by atoms with E-state index in [4.69, 9.17) is 24.4 Å². The van der Waals surface area contributed by atoms with Crippen LogP contribution in [0.4, 0.5) is 19.4 Å². The van der Waals surface area contributed by atoms with Gasteiger partial charge in [0.1, 0.15) is 43.1 Å². The lowest BCUT2D eigenvalue weighted by Gasteiger charge is -2.38. The number of rotatable bonds is 9. The molecular weight excluding hydrogens is 739 g/mol. The summed E-state index contributed by atoms with van der Waals surface area (Å²) in [5.41, 5.74) is 4.89. The number of aromatic nitrogens is 3. The zero-order chi connectivity index (χ0) is 41.6. The summed E-state index contributed by atoms with van der Waals surface area (Å²) >= 11 is 0. The molecule has 4 aromatic rings. The summed E-state index contributed by atoms with van der Waals surface area (Å²) in [6, 6.07) is 8.51. The van der Waals surface area contributed by atoms with Crippen molar-refractivity contribution in [2.45, 2.75) is 129 Å². The van der Waals surface area contributed by atoms with Gasteiger partial charge in [0, 0.05) is 36.8 Å². The molecular formula is C45H60F2N6O3Si. The van der Waals surface area contributed by atoms with Gasteiger partial charge in [0.25, 0.3) is 0 Å². The molecule has 4 heterocycles. The fourth-order valence-electron chi connectivity index (χ4n) is 9.36. The molecule has 57 heavy (non-hydrogen) atoms. The highest BCUT2D eigenvalue weighted by molar-refractivity contribution is 6.90. The molecule has 2 aromatic carbocycles. The first-order chi connectivity index (χ1) is 26.8. The number of ether oxygens (including phenoxy) is 2. The summed E-state index contributed by atoms with van der Waals surface area (Å²) in [4.78, 5) is 33.4. The number of hydrogen-bond donors (Lipinski definition) is 0. The van der Waals surface area contributed by atoms with Crippen LogP contribution in [-0.4, -0.2) is 96.4 Å². The van der Waals surface area contributed by atoms with Gasteiger partial charge < -0.3 is 24.2 Å². The molecule has 2 aliphatic rings. The fraction of sp³-hybridized carbons (Fsp3) is 0.556. The maximum atomic E-state index is 17.4. The molecule has 2 aromatic heterocycles. The standard InChI is InChI=1S/C45H60F2N6O3Si/c1-27(2)57(28(3)4,29(5)6)24-21-33-36(46)19-18-31-15-13-17-34(38(31)33)40-39(47)41-35(25-48-40)42(50-43(49-41)55-26-32-16-14-22-51(32)11)52(12)37-20-23-53(30(37)7)44(54)56-45(8,9)10/h13,15,17-19,25,27-30,32,37H,14,16,20,22-23,26H2,1-12H3/t30-,32+,37-/m1/s1. The molecule has 306 valence electrons. The van der Waals surface area contributed by atoms with Crippen molar-refractivity contribution in [1.82, 2.24) is 24.8 Å². The molecule has 0 saturated carbocycles. The van der Waals surface area contributed by atoms with Gasteiger partial charge in [0.05, 0.1) is 23.0 Å². The summed E-state index contributed by atoms with van der Waals surface area (Å²) in [5, 5.41) is 1.66. The van der Waals surface area contributed by atoms with Gasteiger partial charge in [-0.05, 0) is 88.6 Å². The third kappa shape index (κ3) is 8.20. The largest absolute Gasteiger partial charge is 0.462 e. The van der Waals surface area contributed by atoms with Crippen LogP contribution in [0, 0.1) is 23.1 Å². The Morgan fingerprint density at radius 3 is 2.35 bits per heavy atom. The highest BCUT2D eigenvalue weighted by Gasteiger charge is 2.42. The molecule has 2 aliphatic heterocycles. The maximum absolute atomic E-state index is 17.4. The molecule has 0 spiro atoms. The first-order valence-electron chi connectivity index (χ1n) is 20.5. The average molecular weight is 799 g/mol. The zero-order valence-corrected chi connectivity index (χ0v) is 36.8. The second kappa shape index (κ2) is 16.5. The second-order valence-electron chi connectivity index (χ2n) is 18.0. The van der Waals surface area contributed by atoms with E-state index in [0.29, 0.717) is 58.3 Å². The lowest BCUT2D eigenvalue weighted by Crippen LogP contribution is -2.45. The SMILES string of the molecule is CC(C)[Si](C#Cc1c(F)ccc2cccc(-c3ncc4c(N(C)[C@@H]5CCN(C(=O)OC(C)(C)C)[C@@H]5C)nc(OC[C@@H]5CCCN5C)nc4c3F)c12)(C(C)C)C(C)C. The van der Waals surface area contributed by atoms with E-state index in [1.165, 1.54) is 6.07 Å². The van der Waals surface area contributed by atoms with E-state index < -0.39 is 25.3 Å². The zero-order valence-electron chi connectivity index (χ0n) is 35.8. The van der Waals surface area contributed by atoms with Crippen LogP contribution in [0.3, 0.4) is 0 Å². The number of fused-ring (bicyclic) bond motifs is 2. The second-order valence-corrected chi connectivity index (χ2v) is 23.5. The normalized spacial score (nSPS) is 19.2. The van der Waals surface area contributed by atoms with Crippen LogP contribution in [0.1, 0.15) is 94.1 Å². The quantitative estimate of drug-likeness (QED) is 0.122. The number of carbonyl (C=O) groups is 1. The van der Waals surface area contributed by atoms with Crippen molar-refractivity contribution in [1.29, 1.82) is 0 Å². The Morgan fingerprint density at radius 1 is 1.02 bits per heavy atom. The van der Waals surface area contributed by atoms with Gasteiger partial charge in [-0.15, -0.1) is 5.54 Å². The smallest absolute Gasteiger partial charge is 0.410 e. The van der Waals surface area contributed by atoms with Crippen molar-refractivity contribution >= 4 is 41.7 Å². The number of benzene rings is 2. The van der Waals surface area contributed by atoms with Crippen LogP contribution in [0.5, 0.6) is 6.01 Å². The van der Waals surface area contributed by atoms with Crippen LogP contribution in [-0.2, 0) is 4.74 Å². The Bertz CT molecular complexity index is 2170. The van der Waals surface area contributed by atoms with Crippen molar-refractivity contribution in [2.75, 3.05) is 38.7 Å². The monoisotopic (exact) mass is 798 g/mol. The summed E-state index contributed by atoms with van der Waals surface area (Å²) in [5.74, 6) is 2.68. The molecule has 12 heteroatoms. The average Bonchev–Trinajstić information content (AvgIpc) is 3.74. The van der Waals surface area contributed by atoms with Gasteiger partial charge in [-0.1, -0.05) is 71.7 Å². The maximum Gasteiger partial charge on any atom is 0.410 e. The van der Waals surface area contributed by atoms with Crippen LogP contribution >= 0.6 is 0 Å². The van der Waals surface area contributed by atoms with Gasteiger partial charge >= 0.3 is 12.1 Å². The highest BCUT2D eigenvalue weighted by atomic mass is 28.3. The summed E-state index contributed by atoms with van der Waals surface area (Å²) in [6.45, 7) is 22.7. The number of amides is 1. The molecule has 0 unspecified atom stereocenters. The van der Waals surface area contributed by atoms with Crippen molar-refractivity contribution in [3.63, 3.8) is 0 Å². The molecule has 0 N–H and O–H groups in total. The summed E-state index contributed by atoms with van der Waals surface area (Å²) in [7, 11) is 1.73. The van der Waals surface area contributed by atoms with Gasteiger partial charge in [-0.25, -0.2) is 13.6 Å². The van der Waals surface area contributed by atoms with Crippen molar-refractivity contribution in [2.24, 2.45) is 0 Å². The first-order valence-corrected chi connectivity index (χ1v) is 22.7. The van der Waals surface area contributed by atoms with E-state index in [2.05, 4.69) is 65.0 Å². The molecule has 6 rings (SSSR count). The third-order valence-electron chi connectivity index (χ3n) is 12.4. The number of nitrogens with zero attached hydrogens (tertiary/aromatic N) is 6. The molecule has 1 amide bonds. The Balaban J connectivity index is 1.49. The van der Waals surface area contributed by atoms with Gasteiger partial charge in [0.15, 0.2) is 5.82 Å². The summed E-state index contributed by atoms with van der Waals surface area (Å²) < 4.78 is 45.4. The first kappa shape index (κ1) is 42.3. The van der Waals surface area contributed by atoms with Crippen LogP contribution < -0.4 is 9.64 Å². The third-order valence-corrected chi connectivity index (χ3v) is 18.7. The van der Waals surface area contributed by atoms with Crippen molar-refractivity contribution < 1.29 is 23.0 Å². The molecule has 2 fully saturated rings. The Labute approximate surface area is 338 Å². The number of halogens is 2. The topological polar surface area (TPSA) is 83.9 Å². The van der Waals surface area contributed by atoms with Crippen LogP contribution in [0.25, 0.3) is 32.9 Å². The molecule has 9 nitrogen and oxygen atoms in total. The minimum atomic E-state index is -2.23. The van der Waals surface area contributed by atoms with Crippen molar-refractivity contribution in [3.8, 4) is 28.7 Å². The predicted molar refractivity (Wildman–Crippen MR) is 228 cm³/mol. The number of anilines is 1. The van der Waals surface area contributed by atoms with E-state index in [1.807, 2.05) is 51.8 Å². The number of likely N-dealkylation sites (tertiary alicyclic amines) is 2. The van der Waals surface area contributed by atoms with Gasteiger partial charge in [-0.3, -0.25) is 4.98 Å². The number of likely N-dealkylation sites (N-methyl/N-ethyl adjacent to an activating group) is 2. The minimum absolute atomic E-state index is 0.0425. The number of carbonyl (C=O) groups excluding carboxylic acids is 1. The van der Waals surface area contributed by atoms with E-state index in [9.17, 15) is 4.79 Å². The van der Waals surface area contributed by atoms with E-state index >= 15 is 8.78 Å². The fourth-order valence-corrected chi connectivity index (χ4v) is 14.6. The molecule has 2 saturated heterocycles.